The number of methoxy groups -OCH3 is 1. The molecule has 1 heterocycles. The Labute approximate surface area is 164 Å². The first-order valence-corrected chi connectivity index (χ1v) is 10.1. The normalized spacial score (nSPS) is 18.3. The molecule has 0 saturated heterocycles. The van der Waals surface area contributed by atoms with E-state index < -0.39 is 0 Å². The smallest absolute Gasteiger partial charge is 0.191 e. The van der Waals surface area contributed by atoms with Gasteiger partial charge in [0.2, 0.25) is 0 Å². The van der Waals surface area contributed by atoms with Crippen LogP contribution in [0.5, 0.6) is 5.75 Å². The monoisotopic (exact) mass is 377 g/mol. The van der Waals surface area contributed by atoms with Gasteiger partial charge in [-0.15, -0.1) is 16.8 Å². The fourth-order valence-corrected chi connectivity index (χ4v) is 4.34. The van der Waals surface area contributed by atoms with Crippen LogP contribution in [0, 0.1) is 0 Å². The Hall–Kier alpha value is -2.53. The summed E-state index contributed by atoms with van der Waals surface area (Å²) in [5.74, 6) is 3.79. The summed E-state index contributed by atoms with van der Waals surface area (Å²) in [7, 11) is 1.69. The molecule has 27 heavy (non-hydrogen) atoms. The van der Waals surface area contributed by atoms with E-state index in [1.807, 2.05) is 18.2 Å². The summed E-state index contributed by atoms with van der Waals surface area (Å²) in [6.07, 6.45) is 3.06. The number of allylic oxidation sites excluding steroid dienone is 1. The molecule has 2 atom stereocenters. The first-order chi connectivity index (χ1) is 13.3. The second-order valence-corrected chi connectivity index (χ2v) is 7.68. The third-order valence-electron chi connectivity index (χ3n) is 4.91. The average molecular weight is 378 g/mol. The molecule has 0 aliphatic heterocycles. The van der Waals surface area contributed by atoms with Crippen molar-refractivity contribution in [1.29, 1.82) is 0 Å². The van der Waals surface area contributed by atoms with Crippen molar-refractivity contribution >= 4 is 11.8 Å². The van der Waals surface area contributed by atoms with Gasteiger partial charge in [0.25, 0.3) is 0 Å². The summed E-state index contributed by atoms with van der Waals surface area (Å²) in [4.78, 5) is 0. The van der Waals surface area contributed by atoms with Crippen LogP contribution in [0.2, 0.25) is 0 Å². The van der Waals surface area contributed by atoms with E-state index in [0.717, 1.165) is 35.4 Å². The average Bonchev–Trinajstić information content (AvgIpc) is 3.42. The Morgan fingerprint density at radius 2 is 2.00 bits per heavy atom. The van der Waals surface area contributed by atoms with E-state index in [1.165, 1.54) is 11.1 Å². The molecule has 138 valence electrons. The standard InChI is InChI=1S/C22H23N3OS/c1-3-12-25-21(20-14-19(20)17-9-5-4-6-10-17)23-24-22(25)27-15-16-8-7-11-18(13-16)26-2/h3-11,13,19-20H,1,12,14-15H2,2H3. The van der Waals surface area contributed by atoms with Crippen molar-refractivity contribution < 1.29 is 4.74 Å². The highest BCUT2D eigenvalue weighted by molar-refractivity contribution is 7.98. The van der Waals surface area contributed by atoms with Gasteiger partial charge in [-0.25, -0.2) is 0 Å². The molecule has 1 aliphatic carbocycles. The number of rotatable bonds is 8. The predicted octanol–water partition coefficient (Wildman–Crippen LogP) is 5.04. The van der Waals surface area contributed by atoms with Crippen molar-refractivity contribution in [3.05, 3.63) is 84.2 Å². The van der Waals surface area contributed by atoms with Crippen LogP contribution in [0.15, 0.2) is 72.4 Å². The zero-order valence-electron chi connectivity index (χ0n) is 15.4. The molecule has 1 aromatic heterocycles. The van der Waals surface area contributed by atoms with Gasteiger partial charge in [0, 0.05) is 18.2 Å². The molecule has 4 rings (SSSR count). The van der Waals surface area contributed by atoms with Gasteiger partial charge >= 0.3 is 0 Å². The minimum Gasteiger partial charge on any atom is -0.497 e. The molecule has 1 saturated carbocycles. The van der Waals surface area contributed by atoms with E-state index in [9.17, 15) is 0 Å². The van der Waals surface area contributed by atoms with Gasteiger partial charge < -0.3 is 9.30 Å². The Bertz CT molecular complexity index is 922. The third kappa shape index (κ3) is 3.93. The zero-order chi connectivity index (χ0) is 18.6. The van der Waals surface area contributed by atoms with Crippen molar-refractivity contribution in [2.45, 2.75) is 35.7 Å². The Morgan fingerprint density at radius 3 is 2.78 bits per heavy atom. The lowest BCUT2D eigenvalue weighted by Gasteiger charge is -2.08. The molecule has 4 nitrogen and oxygen atoms in total. The molecule has 1 fully saturated rings. The van der Waals surface area contributed by atoms with Gasteiger partial charge in [-0.3, -0.25) is 0 Å². The lowest BCUT2D eigenvalue weighted by Crippen LogP contribution is -2.03. The highest BCUT2D eigenvalue weighted by atomic mass is 32.2. The van der Waals surface area contributed by atoms with Crippen molar-refractivity contribution in [1.82, 2.24) is 14.8 Å². The molecule has 0 radical (unpaired) electrons. The summed E-state index contributed by atoms with van der Waals surface area (Å²) in [6.45, 7) is 4.65. The van der Waals surface area contributed by atoms with E-state index in [2.05, 4.69) is 63.8 Å². The van der Waals surface area contributed by atoms with Crippen LogP contribution in [0.4, 0.5) is 0 Å². The lowest BCUT2D eigenvalue weighted by atomic mass is 10.1. The minimum atomic E-state index is 0.450. The van der Waals surface area contributed by atoms with Gasteiger partial charge in [-0.1, -0.05) is 60.3 Å². The van der Waals surface area contributed by atoms with Gasteiger partial charge in [-0.2, -0.15) is 0 Å². The molecule has 2 unspecified atom stereocenters. The quantitative estimate of drug-likeness (QED) is 0.407. The number of hydrogen-bond acceptors (Lipinski definition) is 4. The largest absolute Gasteiger partial charge is 0.497 e. The molecule has 0 spiro atoms. The van der Waals surface area contributed by atoms with Crippen molar-refractivity contribution in [2.24, 2.45) is 0 Å². The number of hydrogen-bond donors (Lipinski definition) is 0. The Balaban J connectivity index is 1.50. The second kappa shape index (κ2) is 8.01. The third-order valence-corrected chi connectivity index (χ3v) is 5.95. The number of thioether (sulfide) groups is 1. The molecule has 0 amide bonds. The summed E-state index contributed by atoms with van der Waals surface area (Å²) in [5, 5.41) is 9.97. The maximum atomic E-state index is 5.31. The maximum Gasteiger partial charge on any atom is 0.191 e. The fourth-order valence-electron chi connectivity index (χ4n) is 3.44. The van der Waals surface area contributed by atoms with E-state index >= 15 is 0 Å². The molecule has 0 N–H and O–H groups in total. The van der Waals surface area contributed by atoms with Gasteiger partial charge in [0.15, 0.2) is 5.16 Å². The van der Waals surface area contributed by atoms with Crippen molar-refractivity contribution in [3.8, 4) is 5.75 Å². The summed E-state index contributed by atoms with van der Waals surface area (Å²) >= 11 is 1.71. The fraction of sp³-hybridized carbons (Fsp3) is 0.273. The van der Waals surface area contributed by atoms with Crippen molar-refractivity contribution in [2.75, 3.05) is 7.11 Å². The molecular formula is C22H23N3OS. The van der Waals surface area contributed by atoms with Gasteiger partial charge in [-0.05, 0) is 35.6 Å². The van der Waals surface area contributed by atoms with Crippen LogP contribution in [0.3, 0.4) is 0 Å². The van der Waals surface area contributed by atoms with E-state index in [0.29, 0.717) is 11.8 Å². The lowest BCUT2D eigenvalue weighted by molar-refractivity contribution is 0.414. The molecular weight excluding hydrogens is 354 g/mol. The molecule has 2 aromatic carbocycles. The van der Waals surface area contributed by atoms with Crippen LogP contribution in [-0.4, -0.2) is 21.9 Å². The van der Waals surface area contributed by atoms with E-state index in [4.69, 9.17) is 4.74 Å². The van der Waals surface area contributed by atoms with E-state index in [1.54, 1.807) is 18.9 Å². The highest BCUT2D eigenvalue weighted by Gasteiger charge is 2.43. The molecule has 3 aromatic rings. The summed E-state index contributed by atoms with van der Waals surface area (Å²) in [5.41, 5.74) is 2.60. The van der Waals surface area contributed by atoms with E-state index in [-0.39, 0.29) is 0 Å². The van der Waals surface area contributed by atoms with Crippen LogP contribution in [0.25, 0.3) is 0 Å². The summed E-state index contributed by atoms with van der Waals surface area (Å²) < 4.78 is 7.52. The Kier molecular flexibility index (Phi) is 5.30. The van der Waals surface area contributed by atoms with Gasteiger partial charge in [0.05, 0.1) is 7.11 Å². The topological polar surface area (TPSA) is 39.9 Å². The molecule has 1 aliphatic rings. The number of benzene rings is 2. The van der Waals surface area contributed by atoms with Crippen LogP contribution in [-0.2, 0) is 12.3 Å². The molecule has 5 heteroatoms. The van der Waals surface area contributed by atoms with Crippen LogP contribution >= 0.6 is 11.8 Å². The minimum absolute atomic E-state index is 0.450. The number of aromatic nitrogens is 3. The van der Waals surface area contributed by atoms with Crippen molar-refractivity contribution in [3.63, 3.8) is 0 Å². The summed E-state index contributed by atoms with van der Waals surface area (Å²) in [6, 6.07) is 18.8. The maximum absolute atomic E-state index is 5.31. The molecule has 0 bridgehead atoms. The number of nitrogens with zero attached hydrogens (tertiary/aromatic N) is 3. The SMILES string of the molecule is C=CCn1c(SCc2cccc(OC)c2)nnc1C1CC1c1ccccc1. The first kappa shape index (κ1) is 17.9. The first-order valence-electron chi connectivity index (χ1n) is 9.15. The number of ether oxygens (including phenoxy) is 1. The predicted molar refractivity (Wildman–Crippen MR) is 109 cm³/mol. The Morgan fingerprint density at radius 1 is 1.15 bits per heavy atom. The highest BCUT2D eigenvalue weighted by Crippen LogP contribution is 2.54. The zero-order valence-corrected chi connectivity index (χ0v) is 16.2. The van der Waals surface area contributed by atoms with Gasteiger partial charge in [0.1, 0.15) is 11.6 Å². The van der Waals surface area contributed by atoms with Crippen LogP contribution in [0.1, 0.15) is 35.2 Å². The second-order valence-electron chi connectivity index (χ2n) is 6.74. The van der Waals surface area contributed by atoms with Crippen LogP contribution < -0.4 is 4.74 Å².